The van der Waals surface area contributed by atoms with E-state index in [1.807, 2.05) is 13.8 Å². The highest BCUT2D eigenvalue weighted by Gasteiger charge is 2.41. The molecule has 0 aliphatic carbocycles. The summed E-state index contributed by atoms with van der Waals surface area (Å²) in [5.74, 6) is -7.91. The summed E-state index contributed by atoms with van der Waals surface area (Å²) in [4.78, 5) is 0. The van der Waals surface area contributed by atoms with Gasteiger partial charge in [-0.15, -0.1) is 0 Å². The summed E-state index contributed by atoms with van der Waals surface area (Å²) in [6.07, 6.45) is 0.875. The van der Waals surface area contributed by atoms with Crippen molar-refractivity contribution in [3.63, 3.8) is 0 Å². The summed E-state index contributed by atoms with van der Waals surface area (Å²) < 4.78 is 83.7. The van der Waals surface area contributed by atoms with Gasteiger partial charge in [0.1, 0.15) is 11.5 Å². The summed E-state index contributed by atoms with van der Waals surface area (Å²) in [5, 5.41) is 0. The third kappa shape index (κ3) is 7.23. The molecule has 0 saturated carbocycles. The van der Waals surface area contributed by atoms with Gasteiger partial charge in [0.2, 0.25) is 0 Å². The average molecular weight is 372 g/mol. The minimum Gasteiger partial charge on any atom is -0.382 e. The molecular formula is C13H18F2O6S2. The lowest BCUT2D eigenvalue weighted by molar-refractivity contribution is 0.0481. The van der Waals surface area contributed by atoms with Crippen molar-refractivity contribution in [2.24, 2.45) is 0 Å². The van der Waals surface area contributed by atoms with Crippen molar-refractivity contribution in [2.45, 2.75) is 32.1 Å². The molecule has 23 heavy (non-hydrogen) atoms. The maximum atomic E-state index is 13.3. The Morgan fingerprint density at radius 2 is 1.65 bits per heavy atom. The zero-order chi connectivity index (χ0) is 17.9. The Labute approximate surface area is 134 Å². The summed E-state index contributed by atoms with van der Waals surface area (Å²) in [7, 11) is -9.74. The molecule has 1 rings (SSSR count). The Bertz CT molecular complexity index is 726. The van der Waals surface area contributed by atoms with Crippen molar-refractivity contribution in [3.8, 4) is 5.75 Å². The first-order valence-corrected chi connectivity index (χ1v) is 9.87. The second-order valence-corrected chi connectivity index (χ2v) is 8.27. The monoisotopic (exact) mass is 372 g/mol. The van der Waals surface area contributed by atoms with Gasteiger partial charge in [0, 0.05) is 0 Å². The fraction of sp³-hybridized carbons (Fsp3) is 0.538. The van der Waals surface area contributed by atoms with E-state index in [1.54, 1.807) is 12.1 Å². The number of halogens is 2. The van der Waals surface area contributed by atoms with Crippen molar-refractivity contribution >= 4 is 20.2 Å². The average Bonchev–Trinajstić information content (AvgIpc) is 2.33. The van der Waals surface area contributed by atoms with Gasteiger partial charge in [-0.25, -0.2) is 8.78 Å². The molecule has 0 radical (unpaired) electrons. The van der Waals surface area contributed by atoms with Crippen LogP contribution in [0.25, 0.3) is 0 Å². The SMILES string of the molecule is CCC(C)c1ccc(OS(=O)(=O)CC(F)(F)CS(=O)(=O)O)cc1. The predicted octanol–water partition coefficient (Wildman–Crippen LogP) is 2.43. The molecule has 0 aliphatic heterocycles. The molecule has 1 aromatic rings. The molecule has 0 heterocycles. The molecule has 0 saturated heterocycles. The Hall–Kier alpha value is -1.26. The topological polar surface area (TPSA) is 97.7 Å². The predicted molar refractivity (Wildman–Crippen MR) is 80.9 cm³/mol. The largest absolute Gasteiger partial charge is 0.382 e. The second kappa shape index (κ2) is 7.10. The Kier molecular flexibility index (Phi) is 6.11. The van der Waals surface area contributed by atoms with E-state index in [4.69, 9.17) is 4.55 Å². The van der Waals surface area contributed by atoms with Crippen LogP contribution in [0.2, 0.25) is 0 Å². The molecule has 0 aliphatic rings. The summed E-state index contributed by atoms with van der Waals surface area (Å²) in [6.45, 7) is 3.96. The minimum atomic E-state index is -5.02. The number of hydrogen-bond donors (Lipinski definition) is 1. The summed E-state index contributed by atoms with van der Waals surface area (Å²) in [5.41, 5.74) is 0.939. The molecule has 1 atom stereocenters. The van der Waals surface area contributed by atoms with Crippen molar-refractivity contribution < 1.29 is 34.4 Å². The molecule has 6 nitrogen and oxygen atoms in total. The molecule has 0 aromatic heterocycles. The summed E-state index contributed by atoms with van der Waals surface area (Å²) in [6, 6.07) is 5.91. The van der Waals surface area contributed by atoms with Crippen molar-refractivity contribution in [2.75, 3.05) is 11.5 Å². The van der Waals surface area contributed by atoms with Crippen LogP contribution in [0.5, 0.6) is 5.75 Å². The first-order valence-electron chi connectivity index (χ1n) is 6.69. The smallest absolute Gasteiger partial charge is 0.315 e. The van der Waals surface area contributed by atoms with Crippen LogP contribution in [0.15, 0.2) is 24.3 Å². The fourth-order valence-electron chi connectivity index (χ4n) is 1.83. The maximum Gasteiger partial charge on any atom is 0.315 e. The van der Waals surface area contributed by atoms with Gasteiger partial charge in [0.15, 0.2) is 5.75 Å². The van der Waals surface area contributed by atoms with E-state index in [2.05, 4.69) is 4.18 Å². The Balaban J connectivity index is 2.82. The lowest BCUT2D eigenvalue weighted by atomic mass is 9.99. The molecular weight excluding hydrogens is 354 g/mol. The van der Waals surface area contributed by atoms with Gasteiger partial charge >= 0.3 is 10.1 Å². The lowest BCUT2D eigenvalue weighted by Gasteiger charge is -2.15. The van der Waals surface area contributed by atoms with Crippen molar-refractivity contribution in [3.05, 3.63) is 29.8 Å². The van der Waals surface area contributed by atoms with Crippen LogP contribution in [0.1, 0.15) is 31.7 Å². The van der Waals surface area contributed by atoms with Crippen LogP contribution >= 0.6 is 0 Å². The number of benzene rings is 1. The molecule has 132 valence electrons. The standard InChI is InChI=1S/C13H18F2O6S2/c1-3-10(2)11-4-6-12(7-5-11)21-23(19,20)9-13(14,15)8-22(16,17)18/h4-7,10H,3,8-9H2,1-2H3,(H,16,17,18). The van der Waals surface area contributed by atoms with Gasteiger partial charge in [-0.1, -0.05) is 26.0 Å². The van der Waals surface area contributed by atoms with Crippen LogP contribution in [-0.2, 0) is 20.2 Å². The van der Waals surface area contributed by atoms with E-state index < -0.39 is 37.7 Å². The maximum absolute atomic E-state index is 13.3. The zero-order valence-electron chi connectivity index (χ0n) is 12.6. The molecule has 0 spiro atoms. The number of hydrogen-bond acceptors (Lipinski definition) is 5. The van der Waals surface area contributed by atoms with Crippen LogP contribution in [0.3, 0.4) is 0 Å². The second-order valence-electron chi connectivity index (χ2n) is 5.25. The molecule has 1 N–H and O–H groups in total. The number of rotatable bonds is 8. The molecule has 10 heteroatoms. The van der Waals surface area contributed by atoms with E-state index in [-0.39, 0.29) is 11.7 Å². The van der Waals surface area contributed by atoms with Gasteiger partial charge in [0.25, 0.3) is 16.0 Å². The molecule has 0 amide bonds. The molecule has 1 unspecified atom stereocenters. The third-order valence-electron chi connectivity index (χ3n) is 3.07. The van der Waals surface area contributed by atoms with E-state index in [1.165, 1.54) is 12.1 Å². The summed E-state index contributed by atoms with van der Waals surface area (Å²) >= 11 is 0. The van der Waals surface area contributed by atoms with Gasteiger partial charge in [0.05, 0.1) is 0 Å². The van der Waals surface area contributed by atoms with Crippen molar-refractivity contribution in [1.29, 1.82) is 0 Å². The lowest BCUT2D eigenvalue weighted by Crippen LogP contribution is -2.36. The molecule has 1 aromatic carbocycles. The van der Waals surface area contributed by atoms with Gasteiger partial charge in [-0.3, -0.25) is 4.55 Å². The molecule has 0 fully saturated rings. The fourth-order valence-corrected chi connectivity index (χ4v) is 3.68. The van der Waals surface area contributed by atoms with Crippen LogP contribution < -0.4 is 4.18 Å². The highest BCUT2D eigenvalue weighted by Crippen LogP contribution is 2.24. The molecule has 0 bridgehead atoms. The van der Waals surface area contributed by atoms with Crippen LogP contribution in [-0.4, -0.2) is 38.8 Å². The quantitative estimate of drug-likeness (QED) is 0.556. The van der Waals surface area contributed by atoms with Gasteiger partial charge in [-0.05, 0) is 30.0 Å². The van der Waals surface area contributed by atoms with E-state index in [9.17, 15) is 25.6 Å². The third-order valence-corrected chi connectivity index (χ3v) is 5.08. The van der Waals surface area contributed by atoms with Crippen molar-refractivity contribution in [1.82, 2.24) is 0 Å². The van der Waals surface area contributed by atoms with Gasteiger partial charge < -0.3 is 4.18 Å². The first kappa shape index (κ1) is 19.8. The normalized spacial score (nSPS) is 14.5. The Morgan fingerprint density at radius 3 is 2.09 bits per heavy atom. The zero-order valence-corrected chi connectivity index (χ0v) is 14.2. The minimum absolute atomic E-state index is 0.153. The van der Waals surface area contributed by atoms with E-state index in [0.717, 1.165) is 12.0 Å². The highest BCUT2D eigenvalue weighted by molar-refractivity contribution is 7.87. The Morgan fingerprint density at radius 1 is 1.13 bits per heavy atom. The van der Waals surface area contributed by atoms with Crippen LogP contribution in [0, 0.1) is 0 Å². The highest BCUT2D eigenvalue weighted by atomic mass is 32.2. The van der Waals surface area contributed by atoms with Gasteiger partial charge in [-0.2, -0.15) is 16.8 Å². The number of alkyl halides is 2. The first-order chi connectivity index (χ1) is 10.3. The van der Waals surface area contributed by atoms with Crippen LogP contribution in [0.4, 0.5) is 8.78 Å². The van der Waals surface area contributed by atoms with E-state index in [0.29, 0.717) is 0 Å². The van der Waals surface area contributed by atoms with E-state index >= 15 is 0 Å².